The van der Waals surface area contributed by atoms with Crippen LogP contribution in [-0.2, 0) is 24.2 Å². The highest BCUT2D eigenvalue weighted by molar-refractivity contribution is 5.91. The second-order valence-corrected chi connectivity index (χ2v) is 4.73. The molecule has 0 aliphatic heterocycles. The summed E-state index contributed by atoms with van der Waals surface area (Å²) >= 11 is 0. The zero-order valence-corrected chi connectivity index (χ0v) is 11.6. The number of benzene rings is 1. The van der Waals surface area contributed by atoms with E-state index >= 15 is 0 Å². The highest BCUT2D eigenvalue weighted by atomic mass is 16.1. The van der Waals surface area contributed by atoms with Gasteiger partial charge >= 0.3 is 0 Å². The molecule has 0 bridgehead atoms. The van der Waals surface area contributed by atoms with Gasteiger partial charge in [0.15, 0.2) is 5.82 Å². The van der Waals surface area contributed by atoms with Gasteiger partial charge < -0.3 is 11.1 Å². The molecule has 0 radical (unpaired) electrons. The molecule has 5 nitrogen and oxygen atoms in total. The Hall–Kier alpha value is -2.14. The predicted molar refractivity (Wildman–Crippen MR) is 79.2 cm³/mol. The molecule has 0 spiro atoms. The van der Waals surface area contributed by atoms with Crippen LogP contribution in [0.15, 0.2) is 30.3 Å². The number of nitrogens with two attached hydrogens (primary N) is 1. The first-order valence-corrected chi connectivity index (χ1v) is 6.84. The Labute approximate surface area is 118 Å². The maximum Gasteiger partial charge on any atom is 0.230 e. The van der Waals surface area contributed by atoms with Gasteiger partial charge in [0, 0.05) is 18.3 Å². The van der Waals surface area contributed by atoms with Crippen molar-refractivity contribution >= 4 is 11.7 Å². The lowest BCUT2D eigenvalue weighted by molar-refractivity contribution is -0.115. The van der Waals surface area contributed by atoms with E-state index in [0.717, 1.165) is 29.7 Å². The molecule has 0 saturated heterocycles. The van der Waals surface area contributed by atoms with E-state index in [0.29, 0.717) is 18.8 Å². The third kappa shape index (κ3) is 3.68. The molecule has 5 heteroatoms. The minimum absolute atomic E-state index is 0.0829. The molecule has 2 aromatic rings. The lowest BCUT2D eigenvalue weighted by atomic mass is 10.0. The Morgan fingerprint density at radius 3 is 2.80 bits per heavy atom. The SMILES string of the molecule is CCCc1cc(NC(=O)Cc2ccccc2CN)n[nH]1. The van der Waals surface area contributed by atoms with Gasteiger partial charge in [0.25, 0.3) is 0 Å². The van der Waals surface area contributed by atoms with Crippen LogP contribution in [0.4, 0.5) is 5.82 Å². The molecule has 0 fully saturated rings. The van der Waals surface area contributed by atoms with Gasteiger partial charge in [-0.15, -0.1) is 0 Å². The second kappa shape index (κ2) is 6.86. The average molecular weight is 272 g/mol. The number of rotatable bonds is 6. The van der Waals surface area contributed by atoms with Crippen LogP contribution < -0.4 is 11.1 Å². The fourth-order valence-corrected chi connectivity index (χ4v) is 2.11. The van der Waals surface area contributed by atoms with E-state index in [1.165, 1.54) is 0 Å². The van der Waals surface area contributed by atoms with Gasteiger partial charge in [0.1, 0.15) is 0 Å². The standard InChI is InChI=1S/C15H20N4O/c1-2-5-13-9-14(19-18-13)17-15(20)8-11-6-3-4-7-12(11)10-16/h3-4,6-7,9H,2,5,8,10,16H2,1H3,(H2,17,18,19,20). The monoisotopic (exact) mass is 272 g/mol. The maximum atomic E-state index is 12.0. The van der Waals surface area contributed by atoms with Gasteiger partial charge in [-0.2, -0.15) is 5.10 Å². The quantitative estimate of drug-likeness (QED) is 0.752. The zero-order chi connectivity index (χ0) is 14.4. The third-order valence-electron chi connectivity index (χ3n) is 3.11. The van der Waals surface area contributed by atoms with Gasteiger partial charge in [0.05, 0.1) is 6.42 Å². The fraction of sp³-hybridized carbons (Fsp3) is 0.333. The van der Waals surface area contributed by atoms with Gasteiger partial charge in [-0.25, -0.2) is 0 Å². The first-order chi connectivity index (χ1) is 9.72. The number of hydrogen-bond acceptors (Lipinski definition) is 3. The van der Waals surface area contributed by atoms with Crippen molar-refractivity contribution in [1.29, 1.82) is 0 Å². The average Bonchev–Trinajstić information content (AvgIpc) is 2.87. The summed E-state index contributed by atoms with van der Waals surface area (Å²) in [5.41, 5.74) is 8.65. The number of aryl methyl sites for hydroxylation is 1. The highest BCUT2D eigenvalue weighted by Crippen LogP contribution is 2.11. The second-order valence-electron chi connectivity index (χ2n) is 4.73. The summed E-state index contributed by atoms with van der Waals surface area (Å²) in [7, 11) is 0. The number of hydrogen-bond donors (Lipinski definition) is 3. The van der Waals surface area contributed by atoms with E-state index < -0.39 is 0 Å². The van der Waals surface area contributed by atoms with E-state index in [1.54, 1.807) is 0 Å². The Balaban J connectivity index is 1.97. The Morgan fingerprint density at radius 2 is 2.10 bits per heavy atom. The summed E-state index contributed by atoms with van der Waals surface area (Å²) < 4.78 is 0. The zero-order valence-electron chi connectivity index (χ0n) is 11.6. The maximum absolute atomic E-state index is 12.0. The number of amides is 1. The van der Waals surface area contributed by atoms with Crippen LogP contribution in [0.5, 0.6) is 0 Å². The number of carbonyl (C=O) groups is 1. The topological polar surface area (TPSA) is 83.8 Å². The van der Waals surface area contributed by atoms with E-state index in [9.17, 15) is 4.79 Å². The Morgan fingerprint density at radius 1 is 1.35 bits per heavy atom. The molecule has 0 atom stereocenters. The Bertz CT molecular complexity index is 577. The van der Waals surface area contributed by atoms with Crippen molar-refractivity contribution in [2.45, 2.75) is 32.7 Å². The van der Waals surface area contributed by atoms with E-state index in [1.807, 2.05) is 30.3 Å². The van der Waals surface area contributed by atoms with Crippen LogP contribution in [0, 0.1) is 0 Å². The number of H-pyrrole nitrogens is 1. The molecule has 2 rings (SSSR count). The lowest BCUT2D eigenvalue weighted by Gasteiger charge is -2.06. The molecule has 1 heterocycles. The van der Waals surface area contributed by atoms with E-state index in [4.69, 9.17) is 5.73 Å². The molecule has 0 saturated carbocycles. The molecular formula is C15H20N4O. The Kier molecular flexibility index (Phi) is 4.90. The van der Waals surface area contributed by atoms with Crippen LogP contribution >= 0.6 is 0 Å². The smallest absolute Gasteiger partial charge is 0.230 e. The van der Waals surface area contributed by atoms with Gasteiger partial charge in [-0.3, -0.25) is 9.89 Å². The number of carbonyl (C=O) groups excluding carboxylic acids is 1. The molecule has 106 valence electrons. The van der Waals surface area contributed by atoms with E-state index in [2.05, 4.69) is 22.4 Å². The largest absolute Gasteiger partial charge is 0.326 e. The summed E-state index contributed by atoms with van der Waals surface area (Å²) in [6, 6.07) is 9.57. The number of aromatic nitrogens is 2. The molecule has 0 unspecified atom stereocenters. The summed E-state index contributed by atoms with van der Waals surface area (Å²) in [5.74, 6) is 0.490. The van der Waals surface area contributed by atoms with E-state index in [-0.39, 0.29) is 5.91 Å². The minimum Gasteiger partial charge on any atom is -0.326 e. The molecule has 4 N–H and O–H groups in total. The molecule has 20 heavy (non-hydrogen) atoms. The van der Waals surface area contributed by atoms with Crippen LogP contribution in [0.25, 0.3) is 0 Å². The third-order valence-corrected chi connectivity index (χ3v) is 3.11. The number of nitrogens with one attached hydrogen (secondary N) is 2. The fourth-order valence-electron chi connectivity index (χ4n) is 2.11. The summed E-state index contributed by atoms with van der Waals surface area (Å²) in [5, 5.41) is 9.79. The first kappa shape index (κ1) is 14.3. The predicted octanol–water partition coefficient (Wildman–Crippen LogP) is 2.00. The number of anilines is 1. The number of nitrogens with zero attached hydrogens (tertiary/aromatic N) is 1. The number of aromatic amines is 1. The summed E-state index contributed by atoms with van der Waals surface area (Å²) in [4.78, 5) is 12.0. The van der Waals surface area contributed by atoms with Crippen molar-refractivity contribution in [2.24, 2.45) is 5.73 Å². The van der Waals surface area contributed by atoms with Gasteiger partial charge in [0.2, 0.25) is 5.91 Å². The molecule has 0 aliphatic rings. The highest BCUT2D eigenvalue weighted by Gasteiger charge is 2.09. The first-order valence-electron chi connectivity index (χ1n) is 6.84. The van der Waals surface area contributed by atoms with Crippen LogP contribution in [0.1, 0.15) is 30.2 Å². The minimum atomic E-state index is -0.0829. The van der Waals surface area contributed by atoms with Crippen molar-refractivity contribution in [3.63, 3.8) is 0 Å². The van der Waals surface area contributed by atoms with Gasteiger partial charge in [-0.05, 0) is 17.5 Å². The van der Waals surface area contributed by atoms with Crippen LogP contribution in [0.2, 0.25) is 0 Å². The molecule has 1 amide bonds. The normalized spacial score (nSPS) is 10.5. The van der Waals surface area contributed by atoms with Crippen LogP contribution in [-0.4, -0.2) is 16.1 Å². The van der Waals surface area contributed by atoms with Crippen molar-refractivity contribution < 1.29 is 4.79 Å². The van der Waals surface area contributed by atoms with Crippen molar-refractivity contribution in [1.82, 2.24) is 10.2 Å². The molecule has 0 aliphatic carbocycles. The molecule has 1 aromatic carbocycles. The van der Waals surface area contributed by atoms with Crippen molar-refractivity contribution in [3.05, 3.63) is 47.2 Å². The van der Waals surface area contributed by atoms with Gasteiger partial charge in [-0.1, -0.05) is 37.6 Å². The summed E-state index contributed by atoms with van der Waals surface area (Å²) in [6.45, 7) is 2.54. The lowest BCUT2D eigenvalue weighted by Crippen LogP contribution is -2.16. The molecular weight excluding hydrogens is 252 g/mol. The summed E-state index contributed by atoms with van der Waals surface area (Å²) in [6.07, 6.45) is 2.28. The van der Waals surface area contributed by atoms with Crippen molar-refractivity contribution in [3.8, 4) is 0 Å². The van der Waals surface area contributed by atoms with Crippen LogP contribution in [0.3, 0.4) is 0 Å². The van der Waals surface area contributed by atoms with Crippen molar-refractivity contribution in [2.75, 3.05) is 5.32 Å². The molecule has 1 aromatic heterocycles.